The minimum absolute atomic E-state index is 0.162. The van der Waals surface area contributed by atoms with Crippen molar-refractivity contribution < 1.29 is 4.39 Å². The van der Waals surface area contributed by atoms with Gasteiger partial charge in [0.25, 0.3) is 0 Å². The average Bonchev–Trinajstić information content (AvgIpc) is 2.66. The summed E-state index contributed by atoms with van der Waals surface area (Å²) in [6, 6.07) is 4.77. The maximum Gasteiger partial charge on any atom is 0.178 e. The molecule has 0 spiro atoms. The number of benzene rings is 1. The van der Waals surface area contributed by atoms with Crippen molar-refractivity contribution in [2.75, 3.05) is 0 Å². The summed E-state index contributed by atoms with van der Waals surface area (Å²) in [6.45, 7) is 7.54. The Hall–Kier alpha value is -1.16. The van der Waals surface area contributed by atoms with Crippen molar-refractivity contribution >= 4 is 23.3 Å². The molecule has 0 aliphatic heterocycles. The van der Waals surface area contributed by atoms with Crippen LogP contribution in [0, 0.1) is 16.0 Å². The maximum absolute atomic E-state index is 13.4. The van der Waals surface area contributed by atoms with E-state index < -0.39 is 0 Å². The van der Waals surface area contributed by atoms with E-state index >= 15 is 0 Å². The van der Waals surface area contributed by atoms with E-state index in [0.29, 0.717) is 4.77 Å². The van der Waals surface area contributed by atoms with Crippen LogP contribution in [0.25, 0.3) is 11.0 Å². The van der Waals surface area contributed by atoms with Crippen molar-refractivity contribution in [3.63, 3.8) is 0 Å². The molecule has 0 saturated carbocycles. The lowest BCUT2D eigenvalue weighted by molar-refractivity contribution is 0.273. The molecule has 2 aromatic rings. The molecule has 0 bridgehead atoms. The number of hydrogen-bond donors (Lipinski definition) is 1. The third-order valence-corrected chi connectivity index (χ3v) is 4.10. The fraction of sp³-hybridized carbons (Fsp3) is 0.562. The van der Waals surface area contributed by atoms with Gasteiger partial charge >= 0.3 is 0 Å². The van der Waals surface area contributed by atoms with Crippen LogP contribution in [0.5, 0.6) is 0 Å². The van der Waals surface area contributed by atoms with E-state index in [2.05, 4.69) is 25.8 Å². The molecule has 1 aromatic heterocycles. The van der Waals surface area contributed by atoms with Crippen LogP contribution < -0.4 is 0 Å². The number of rotatable bonds is 6. The molecular weight excluding hydrogens is 271 g/mol. The fourth-order valence-corrected chi connectivity index (χ4v) is 2.92. The van der Waals surface area contributed by atoms with Crippen LogP contribution in [-0.4, -0.2) is 9.55 Å². The molecule has 0 aliphatic carbocycles. The van der Waals surface area contributed by atoms with Crippen LogP contribution in [0.1, 0.15) is 46.5 Å². The highest BCUT2D eigenvalue weighted by atomic mass is 32.1. The molecular formula is C16H23FN2S. The maximum atomic E-state index is 13.4. The first-order valence-electron chi connectivity index (χ1n) is 7.31. The number of halogens is 1. The molecule has 2 rings (SSSR count). The van der Waals surface area contributed by atoms with E-state index in [4.69, 9.17) is 12.2 Å². The van der Waals surface area contributed by atoms with Crippen LogP contribution in [0.3, 0.4) is 0 Å². The largest absolute Gasteiger partial charge is 0.331 e. The van der Waals surface area contributed by atoms with E-state index in [1.807, 2.05) is 4.57 Å². The number of hydrogen-bond acceptors (Lipinski definition) is 1. The van der Waals surface area contributed by atoms with Gasteiger partial charge in [-0.05, 0) is 42.3 Å². The molecule has 4 heteroatoms. The topological polar surface area (TPSA) is 20.7 Å². The lowest BCUT2D eigenvalue weighted by atomic mass is 9.87. The van der Waals surface area contributed by atoms with Crippen LogP contribution in [0.15, 0.2) is 18.2 Å². The quantitative estimate of drug-likeness (QED) is 0.555. The normalized spacial score (nSPS) is 12.2. The third-order valence-electron chi connectivity index (χ3n) is 3.78. The summed E-state index contributed by atoms with van der Waals surface area (Å²) in [5.41, 5.74) is 1.92. The van der Waals surface area contributed by atoms with Crippen molar-refractivity contribution in [1.29, 1.82) is 0 Å². The molecule has 0 amide bonds. The van der Waals surface area contributed by atoms with Gasteiger partial charge in [-0.2, -0.15) is 0 Å². The molecule has 0 atom stereocenters. The van der Waals surface area contributed by atoms with E-state index in [1.165, 1.54) is 25.3 Å². The molecule has 0 aliphatic rings. The second-order valence-electron chi connectivity index (χ2n) is 6.30. The first-order valence-corrected chi connectivity index (χ1v) is 7.72. The Kier molecular flexibility index (Phi) is 4.63. The molecule has 0 saturated heterocycles. The smallest absolute Gasteiger partial charge is 0.178 e. The number of aromatic amines is 1. The molecule has 1 N–H and O–H groups in total. The molecule has 0 unspecified atom stereocenters. The number of fused-ring (bicyclic) bond motifs is 1. The van der Waals surface area contributed by atoms with E-state index in [1.54, 1.807) is 12.1 Å². The number of imidazole rings is 1. The first kappa shape index (κ1) is 15.2. The van der Waals surface area contributed by atoms with Gasteiger partial charge in [-0.3, -0.25) is 0 Å². The van der Waals surface area contributed by atoms with Gasteiger partial charge in [0.05, 0.1) is 11.0 Å². The van der Waals surface area contributed by atoms with Gasteiger partial charge < -0.3 is 9.55 Å². The lowest BCUT2D eigenvalue weighted by Gasteiger charge is -2.25. The minimum atomic E-state index is -0.218. The Bertz CT molecular complexity index is 639. The van der Waals surface area contributed by atoms with Gasteiger partial charge in [0.1, 0.15) is 5.82 Å². The van der Waals surface area contributed by atoms with Gasteiger partial charge in [-0.1, -0.05) is 40.0 Å². The summed E-state index contributed by atoms with van der Waals surface area (Å²) in [6.07, 6.45) is 4.88. The molecule has 1 heterocycles. The van der Waals surface area contributed by atoms with Crippen molar-refractivity contribution in [3.8, 4) is 0 Å². The van der Waals surface area contributed by atoms with Crippen LogP contribution >= 0.6 is 12.2 Å². The van der Waals surface area contributed by atoms with Gasteiger partial charge in [0.15, 0.2) is 4.77 Å². The highest BCUT2D eigenvalue weighted by molar-refractivity contribution is 7.71. The van der Waals surface area contributed by atoms with E-state index in [0.717, 1.165) is 24.0 Å². The summed E-state index contributed by atoms with van der Waals surface area (Å²) in [7, 11) is 0. The second-order valence-corrected chi connectivity index (χ2v) is 6.69. The van der Waals surface area contributed by atoms with E-state index in [-0.39, 0.29) is 11.2 Å². The molecule has 1 aromatic carbocycles. The minimum Gasteiger partial charge on any atom is -0.331 e. The van der Waals surface area contributed by atoms with Crippen LogP contribution in [-0.2, 0) is 6.54 Å². The second kappa shape index (κ2) is 6.08. The fourth-order valence-electron chi connectivity index (χ4n) is 2.64. The molecule has 0 fully saturated rings. The number of nitrogens with one attached hydrogen (secondary N) is 1. The highest BCUT2D eigenvalue weighted by Gasteiger charge is 2.20. The Labute approximate surface area is 125 Å². The first-order chi connectivity index (χ1) is 9.43. The Balaban J connectivity index is 2.26. The SMILES string of the molecule is CCCCCC(C)(C)Cn1c(=S)[nH]c2ccc(F)cc21. The molecule has 20 heavy (non-hydrogen) atoms. The zero-order valence-electron chi connectivity index (χ0n) is 12.5. The molecule has 0 radical (unpaired) electrons. The van der Waals surface area contributed by atoms with Gasteiger partial charge in [0.2, 0.25) is 0 Å². The Morgan fingerprint density at radius 3 is 2.75 bits per heavy atom. The van der Waals surface area contributed by atoms with Crippen molar-refractivity contribution in [3.05, 3.63) is 28.8 Å². The van der Waals surface area contributed by atoms with Crippen LogP contribution in [0.2, 0.25) is 0 Å². The predicted octanol–water partition coefficient (Wildman–Crippen LogP) is 5.44. The summed E-state index contributed by atoms with van der Waals surface area (Å²) < 4.78 is 16.1. The Morgan fingerprint density at radius 1 is 1.30 bits per heavy atom. The van der Waals surface area contributed by atoms with Gasteiger partial charge in [-0.15, -0.1) is 0 Å². The summed E-state index contributed by atoms with van der Waals surface area (Å²) in [4.78, 5) is 3.16. The number of nitrogens with zero attached hydrogens (tertiary/aromatic N) is 1. The number of unbranched alkanes of at least 4 members (excludes halogenated alkanes) is 2. The van der Waals surface area contributed by atoms with Crippen molar-refractivity contribution in [2.45, 2.75) is 53.0 Å². The summed E-state index contributed by atoms with van der Waals surface area (Å²) in [5, 5.41) is 0. The summed E-state index contributed by atoms with van der Waals surface area (Å²) in [5.74, 6) is -0.218. The lowest BCUT2D eigenvalue weighted by Crippen LogP contribution is -2.19. The van der Waals surface area contributed by atoms with Gasteiger partial charge in [0, 0.05) is 6.54 Å². The predicted molar refractivity (Wildman–Crippen MR) is 85.0 cm³/mol. The van der Waals surface area contributed by atoms with Crippen molar-refractivity contribution in [2.24, 2.45) is 5.41 Å². The number of H-pyrrole nitrogens is 1. The van der Waals surface area contributed by atoms with Gasteiger partial charge in [-0.25, -0.2) is 4.39 Å². The molecule has 2 nitrogen and oxygen atoms in total. The monoisotopic (exact) mass is 294 g/mol. The third kappa shape index (κ3) is 3.48. The van der Waals surface area contributed by atoms with Crippen molar-refractivity contribution in [1.82, 2.24) is 9.55 Å². The van der Waals surface area contributed by atoms with Crippen LogP contribution in [0.4, 0.5) is 4.39 Å². The standard InChI is InChI=1S/C16H23FN2S/c1-4-5-6-9-16(2,3)11-19-14-10-12(17)7-8-13(14)18-15(19)20/h7-8,10H,4-6,9,11H2,1-3H3,(H,18,20). The zero-order valence-corrected chi connectivity index (χ0v) is 13.3. The molecule has 110 valence electrons. The number of aromatic nitrogens is 2. The Morgan fingerprint density at radius 2 is 2.05 bits per heavy atom. The summed E-state index contributed by atoms with van der Waals surface area (Å²) >= 11 is 5.38. The highest BCUT2D eigenvalue weighted by Crippen LogP contribution is 2.28. The zero-order chi connectivity index (χ0) is 14.8. The van der Waals surface area contributed by atoms with E-state index in [9.17, 15) is 4.39 Å². The average molecular weight is 294 g/mol.